The molecule has 0 aromatic carbocycles. The van der Waals surface area contributed by atoms with E-state index in [1.165, 1.54) is 17.9 Å². The molecule has 1 nitrogen and oxygen atoms in total. The van der Waals surface area contributed by atoms with E-state index in [1.807, 2.05) is 35.3 Å². The van der Waals surface area contributed by atoms with Gasteiger partial charge in [0, 0.05) is 11.0 Å². The van der Waals surface area contributed by atoms with Crippen LogP contribution >= 0.6 is 47.9 Å². The fourth-order valence-corrected chi connectivity index (χ4v) is 6.46. The predicted octanol–water partition coefficient (Wildman–Crippen LogP) is 3.64. The van der Waals surface area contributed by atoms with Crippen LogP contribution in [0.25, 0.3) is 0 Å². The summed E-state index contributed by atoms with van der Waals surface area (Å²) in [5, 5.41) is 10.7. The van der Waals surface area contributed by atoms with E-state index in [4.69, 9.17) is 12.6 Å². The monoisotopic (exact) mass is 297 g/mol. The first-order valence-corrected chi connectivity index (χ1v) is 9.35. The molecule has 16 heavy (non-hydrogen) atoms. The van der Waals surface area contributed by atoms with Crippen molar-refractivity contribution in [1.29, 1.82) is 0 Å². The van der Waals surface area contributed by atoms with Crippen molar-refractivity contribution in [3.8, 4) is 0 Å². The smallest absolute Gasteiger partial charge is 0.0891 e. The molecule has 0 bridgehead atoms. The summed E-state index contributed by atoms with van der Waals surface area (Å²) in [7, 11) is 0. The van der Waals surface area contributed by atoms with Gasteiger partial charge in [0.15, 0.2) is 0 Å². The van der Waals surface area contributed by atoms with Crippen molar-refractivity contribution < 1.29 is 5.11 Å². The molecule has 2 unspecified atom stereocenters. The van der Waals surface area contributed by atoms with Crippen LogP contribution in [0, 0.1) is 0 Å². The summed E-state index contributed by atoms with van der Waals surface area (Å²) in [6, 6.07) is 0. The Hall–Kier alpha value is 1.36. The van der Waals surface area contributed by atoms with E-state index in [0.717, 1.165) is 17.9 Å². The normalized spacial score (nSPS) is 24.0. The zero-order valence-corrected chi connectivity index (χ0v) is 13.2. The zero-order valence-electron chi connectivity index (χ0n) is 9.98. The maximum atomic E-state index is 10.4. The lowest BCUT2D eigenvalue weighted by molar-refractivity contribution is 0.167. The van der Waals surface area contributed by atoms with E-state index in [2.05, 4.69) is 13.8 Å². The van der Waals surface area contributed by atoms with Gasteiger partial charge in [-0.25, -0.2) is 0 Å². The van der Waals surface area contributed by atoms with Gasteiger partial charge in [-0.2, -0.15) is 11.8 Å². The molecule has 5 heteroatoms. The van der Waals surface area contributed by atoms with Crippen LogP contribution in [0.3, 0.4) is 0 Å². The number of aliphatic hydroxyl groups excluding tert-OH is 1. The molecule has 1 fully saturated rings. The fraction of sp³-hybridized carbons (Fsp3) is 1.00. The van der Waals surface area contributed by atoms with Gasteiger partial charge in [-0.1, -0.05) is 19.6 Å². The van der Waals surface area contributed by atoms with Gasteiger partial charge in [0.05, 0.1) is 10.2 Å². The summed E-state index contributed by atoms with van der Waals surface area (Å²) in [6.45, 7) is 4.33. The Morgan fingerprint density at radius 1 is 1.44 bits per heavy atom. The molecule has 95 valence electrons. The van der Waals surface area contributed by atoms with E-state index in [-0.39, 0.29) is 10.2 Å². The molecule has 0 saturated carbocycles. The van der Waals surface area contributed by atoms with E-state index in [0.29, 0.717) is 5.25 Å². The van der Waals surface area contributed by atoms with Gasteiger partial charge >= 0.3 is 0 Å². The van der Waals surface area contributed by atoms with Gasteiger partial charge in [-0.15, -0.1) is 23.5 Å². The zero-order chi connectivity index (χ0) is 12.0. The first kappa shape index (κ1) is 15.4. The first-order valence-electron chi connectivity index (χ1n) is 5.76. The van der Waals surface area contributed by atoms with Gasteiger partial charge in [0.25, 0.3) is 0 Å². The van der Waals surface area contributed by atoms with E-state index in [9.17, 15) is 5.11 Å². The molecule has 0 aliphatic carbocycles. The topological polar surface area (TPSA) is 20.2 Å². The Labute approximate surface area is 118 Å². The molecule has 0 aromatic heterocycles. The van der Waals surface area contributed by atoms with Crippen LogP contribution in [0.15, 0.2) is 0 Å². The van der Waals surface area contributed by atoms with E-state index < -0.39 is 0 Å². The Kier molecular flexibility index (Phi) is 7.44. The number of thioether (sulfide) groups is 3. The summed E-state index contributed by atoms with van der Waals surface area (Å²) in [4.78, 5) is 0. The van der Waals surface area contributed by atoms with Crippen molar-refractivity contribution in [2.75, 3.05) is 23.0 Å². The van der Waals surface area contributed by atoms with Crippen LogP contribution in [0.5, 0.6) is 0 Å². The molecule has 1 heterocycles. The Morgan fingerprint density at radius 3 is 2.62 bits per heavy atom. The average molecular weight is 298 g/mol. The molecule has 2 atom stereocenters. The summed E-state index contributed by atoms with van der Waals surface area (Å²) >= 11 is 10.6. The Morgan fingerprint density at radius 2 is 2.06 bits per heavy atom. The molecule has 1 N–H and O–H groups in total. The minimum absolute atomic E-state index is 0.00136. The van der Waals surface area contributed by atoms with Crippen molar-refractivity contribution in [3.63, 3.8) is 0 Å². The van der Waals surface area contributed by atoms with Crippen LogP contribution in [0.1, 0.15) is 26.7 Å². The van der Waals surface area contributed by atoms with Gasteiger partial charge in [-0.3, -0.25) is 0 Å². The lowest BCUT2D eigenvalue weighted by Gasteiger charge is -2.39. The first-order chi connectivity index (χ1) is 7.60. The number of aliphatic hydroxyl groups is 1. The van der Waals surface area contributed by atoms with Crippen molar-refractivity contribution in [2.45, 2.75) is 42.1 Å². The largest absolute Gasteiger partial charge is 0.390 e. The Bertz CT molecular complexity index is 194. The molecule has 0 aromatic rings. The Balaban J connectivity index is 2.38. The second kappa shape index (κ2) is 7.72. The average Bonchev–Trinajstić information content (AvgIpc) is 2.29. The molecular formula is C11H21OS4. The van der Waals surface area contributed by atoms with Gasteiger partial charge < -0.3 is 5.11 Å². The molecule has 1 rings (SSSR count). The number of rotatable bonds is 6. The summed E-state index contributed by atoms with van der Waals surface area (Å²) in [5.74, 6) is 4.28. The summed E-state index contributed by atoms with van der Waals surface area (Å²) < 4.78 is -0.00136. The highest BCUT2D eigenvalue weighted by molar-refractivity contribution is 8.18. The quantitative estimate of drug-likeness (QED) is 0.755. The van der Waals surface area contributed by atoms with E-state index in [1.54, 1.807) is 0 Å². The van der Waals surface area contributed by atoms with Crippen molar-refractivity contribution >= 4 is 47.9 Å². The third kappa shape index (κ3) is 4.56. The highest BCUT2D eigenvalue weighted by Gasteiger charge is 2.39. The van der Waals surface area contributed by atoms with E-state index >= 15 is 0 Å². The maximum Gasteiger partial charge on any atom is 0.0891 e. The van der Waals surface area contributed by atoms with Gasteiger partial charge in [0.1, 0.15) is 0 Å². The lowest BCUT2D eigenvalue weighted by atomic mass is 10.2. The molecule has 0 amide bonds. The summed E-state index contributed by atoms with van der Waals surface area (Å²) in [5.41, 5.74) is 0. The SMILES string of the molecule is CC(SCCC[S])C(O)C1(C)SCCCS1. The number of hydrogen-bond acceptors (Lipinski definition) is 4. The predicted molar refractivity (Wildman–Crippen MR) is 82.9 cm³/mol. The van der Waals surface area contributed by atoms with Crippen molar-refractivity contribution in [3.05, 3.63) is 0 Å². The van der Waals surface area contributed by atoms with Gasteiger partial charge in [0.2, 0.25) is 0 Å². The third-order valence-electron chi connectivity index (χ3n) is 2.72. The second-order valence-corrected chi connectivity index (χ2v) is 9.39. The molecule has 1 radical (unpaired) electrons. The minimum atomic E-state index is -0.224. The minimum Gasteiger partial charge on any atom is -0.390 e. The van der Waals surface area contributed by atoms with Crippen LogP contribution in [0.4, 0.5) is 0 Å². The second-order valence-electron chi connectivity index (χ2n) is 4.14. The standard InChI is InChI=1S/C11H21OS4/c1-9(14-6-3-5-13)10(12)11(2)15-7-4-8-16-11/h9-10,12H,3-8H2,1-2H3. The fourth-order valence-electron chi connectivity index (χ4n) is 1.67. The molecular weight excluding hydrogens is 276 g/mol. The molecule has 0 spiro atoms. The lowest BCUT2D eigenvalue weighted by Crippen LogP contribution is -2.41. The summed E-state index contributed by atoms with van der Waals surface area (Å²) in [6.07, 6.45) is 2.13. The van der Waals surface area contributed by atoms with Crippen LogP contribution < -0.4 is 0 Å². The third-order valence-corrected chi connectivity index (χ3v) is 7.64. The maximum absolute atomic E-state index is 10.4. The number of hydrogen-bond donors (Lipinski definition) is 1. The molecule has 1 aliphatic rings. The molecule has 1 aliphatic heterocycles. The van der Waals surface area contributed by atoms with Crippen LogP contribution in [-0.2, 0) is 0 Å². The van der Waals surface area contributed by atoms with Crippen molar-refractivity contribution in [2.24, 2.45) is 0 Å². The molecule has 1 saturated heterocycles. The van der Waals surface area contributed by atoms with Crippen LogP contribution in [-0.4, -0.2) is 43.6 Å². The highest BCUT2D eigenvalue weighted by atomic mass is 32.2. The highest BCUT2D eigenvalue weighted by Crippen LogP contribution is 2.46. The van der Waals surface area contributed by atoms with Gasteiger partial charge in [-0.05, 0) is 37.0 Å². The van der Waals surface area contributed by atoms with Crippen LogP contribution in [0.2, 0.25) is 0 Å². The van der Waals surface area contributed by atoms with Crippen molar-refractivity contribution in [1.82, 2.24) is 0 Å².